The van der Waals surface area contributed by atoms with E-state index < -0.39 is 0 Å². The van der Waals surface area contributed by atoms with Crippen molar-refractivity contribution < 1.29 is 28.5 Å². The van der Waals surface area contributed by atoms with Crippen LogP contribution in [-0.2, 0) is 14.3 Å². The lowest BCUT2D eigenvalue weighted by Gasteiger charge is -2.24. The summed E-state index contributed by atoms with van der Waals surface area (Å²) in [5.74, 6) is 2.14. The highest BCUT2D eigenvalue weighted by molar-refractivity contribution is 8.00. The zero-order valence-corrected chi connectivity index (χ0v) is 26.3. The molecule has 11 heteroatoms. The summed E-state index contributed by atoms with van der Waals surface area (Å²) in [4.78, 5) is 29.0. The van der Waals surface area contributed by atoms with Crippen LogP contribution in [0.5, 0.6) is 17.2 Å². The molecule has 3 aromatic carbocycles. The molecule has 0 aliphatic carbocycles. The molecule has 2 aliphatic rings. The summed E-state index contributed by atoms with van der Waals surface area (Å²) < 4.78 is 24.0. The van der Waals surface area contributed by atoms with Crippen LogP contribution >= 0.6 is 11.8 Å². The first-order valence-electron chi connectivity index (χ1n) is 14.9. The van der Waals surface area contributed by atoms with E-state index in [1.54, 1.807) is 30.9 Å². The van der Waals surface area contributed by atoms with Gasteiger partial charge in [-0.25, -0.2) is 4.68 Å². The minimum atomic E-state index is -0.314. The minimum Gasteiger partial charge on any atom is -0.497 e. The van der Waals surface area contributed by atoms with E-state index >= 15 is 0 Å². The van der Waals surface area contributed by atoms with Gasteiger partial charge in [-0.15, -0.1) is 11.8 Å². The number of thioether (sulfide) groups is 1. The topological polar surface area (TPSA) is 104 Å². The molecule has 10 nitrogen and oxygen atoms in total. The summed E-state index contributed by atoms with van der Waals surface area (Å²) in [6, 6.07) is 23.2. The third-order valence-electron chi connectivity index (χ3n) is 8.02. The van der Waals surface area contributed by atoms with Crippen molar-refractivity contribution in [3.8, 4) is 34.2 Å². The SMILES string of the molecule is COc1ccc(-n2nc(-c3ccccc3)c3c2N(CC(=O)NC[C@H]2CCCO2)C(=O)CS[C@@H]3c2ccc(OC)c(OC)c2)cc1. The summed E-state index contributed by atoms with van der Waals surface area (Å²) in [6.45, 7) is 0.949. The number of nitrogens with one attached hydrogen (secondary N) is 1. The number of ether oxygens (including phenoxy) is 4. The number of benzene rings is 3. The molecule has 1 fully saturated rings. The number of amides is 2. The van der Waals surface area contributed by atoms with Crippen LogP contribution in [0.25, 0.3) is 16.9 Å². The van der Waals surface area contributed by atoms with Gasteiger partial charge in [-0.1, -0.05) is 36.4 Å². The Balaban J connectivity index is 1.53. The Labute approximate surface area is 266 Å². The summed E-state index contributed by atoms with van der Waals surface area (Å²) in [5.41, 5.74) is 4.08. The molecule has 1 saturated heterocycles. The molecule has 4 aromatic rings. The van der Waals surface area contributed by atoms with Gasteiger partial charge in [0.05, 0.1) is 49.8 Å². The predicted molar refractivity (Wildman–Crippen MR) is 174 cm³/mol. The fourth-order valence-corrected chi connectivity index (χ4v) is 6.93. The lowest BCUT2D eigenvalue weighted by molar-refractivity contribution is -0.123. The van der Waals surface area contributed by atoms with Gasteiger partial charge in [0.25, 0.3) is 0 Å². The molecule has 2 atom stereocenters. The molecule has 0 saturated carbocycles. The second-order valence-corrected chi connectivity index (χ2v) is 11.9. The number of methoxy groups -OCH3 is 3. The minimum absolute atomic E-state index is 0.0103. The van der Waals surface area contributed by atoms with Crippen LogP contribution in [0.15, 0.2) is 72.8 Å². The lowest BCUT2D eigenvalue weighted by atomic mass is 9.99. The van der Waals surface area contributed by atoms with Gasteiger partial charge in [-0.3, -0.25) is 14.5 Å². The average Bonchev–Trinajstić information content (AvgIpc) is 3.72. The third-order valence-corrected chi connectivity index (χ3v) is 9.27. The molecular weight excluding hydrogens is 592 g/mol. The third kappa shape index (κ3) is 6.36. The molecule has 45 heavy (non-hydrogen) atoms. The normalized spacial score (nSPS) is 17.8. The van der Waals surface area contributed by atoms with Crippen LogP contribution in [0.1, 0.15) is 29.2 Å². The zero-order chi connectivity index (χ0) is 31.3. The molecule has 234 valence electrons. The maximum atomic E-state index is 14.0. The molecule has 2 amide bonds. The van der Waals surface area contributed by atoms with Crippen LogP contribution in [-0.4, -0.2) is 74.5 Å². The van der Waals surface area contributed by atoms with Crippen LogP contribution in [0.2, 0.25) is 0 Å². The smallest absolute Gasteiger partial charge is 0.240 e. The summed E-state index contributed by atoms with van der Waals surface area (Å²) in [6.07, 6.45) is 1.87. The lowest BCUT2D eigenvalue weighted by Crippen LogP contribution is -2.44. The van der Waals surface area contributed by atoms with Gasteiger partial charge < -0.3 is 24.3 Å². The van der Waals surface area contributed by atoms with Crippen LogP contribution < -0.4 is 24.4 Å². The number of carbonyl (C=O) groups excluding carboxylic acids is 2. The second-order valence-electron chi connectivity index (χ2n) is 10.8. The van der Waals surface area contributed by atoms with Crippen molar-refractivity contribution in [1.29, 1.82) is 0 Å². The largest absolute Gasteiger partial charge is 0.497 e. The average molecular weight is 629 g/mol. The quantitative estimate of drug-likeness (QED) is 0.261. The molecule has 2 aliphatic heterocycles. The van der Waals surface area contributed by atoms with Crippen molar-refractivity contribution in [1.82, 2.24) is 15.1 Å². The first kappa shape index (κ1) is 30.5. The molecule has 0 radical (unpaired) electrons. The van der Waals surface area contributed by atoms with E-state index in [0.29, 0.717) is 41.9 Å². The van der Waals surface area contributed by atoms with Gasteiger partial charge in [0.2, 0.25) is 11.8 Å². The number of hydrogen-bond acceptors (Lipinski definition) is 8. The molecule has 3 heterocycles. The van der Waals surface area contributed by atoms with Gasteiger partial charge in [-0.05, 0) is 54.8 Å². The first-order chi connectivity index (χ1) is 22.0. The highest BCUT2D eigenvalue weighted by Crippen LogP contribution is 2.49. The van der Waals surface area contributed by atoms with Crippen LogP contribution in [0.3, 0.4) is 0 Å². The molecule has 1 aromatic heterocycles. The maximum absolute atomic E-state index is 14.0. The Morgan fingerprint density at radius 1 is 1.00 bits per heavy atom. The van der Waals surface area contributed by atoms with Crippen molar-refractivity contribution >= 4 is 29.4 Å². The van der Waals surface area contributed by atoms with Gasteiger partial charge in [-0.2, -0.15) is 5.10 Å². The Morgan fingerprint density at radius 2 is 1.78 bits per heavy atom. The number of anilines is 1. The number of carbonyl (C=O) groups is 2. The Morgan fingerprint density at radius 3 is 2.47 bits per heavy atom. The highest BCUT2D eigenvalue weighted by atomic mass is 32.2. The number of fused-ring (bicyclic) bond motifs is 1. The summed E-state index contributed by atoms with van der Waals surface area (Å²) >= 11 is 1.50. The predicted octanol–water partition coefficient (Wildman–Crippen LogP) is 5.03. The maximum Gasteiger partial charge on any atom is 0.240 e. The van der Waals surface area contributed by atoms with Crippen molar-refractivity contribution in [2.75, 3.05) is 51.7 Å². The van der Waals surface area contributed by atoms with Gasteiger partial charge in [0.1, 0.15) is 18.1 Å². The van der Waals surface area contributed by atoms with E-state index in [1.807, 2.05) is 72.8 Å². The number of nitrogens with zero attached hydrogens (tertiary/aromatic N) is 3. The van der Waals surface area contributed by atoms with Gasteiger partial charge >= 0.3 is 0 Å². The van der Waals surface area contributed by atoms with Gasteiger partial charge in [0.15, 0.2) is 11.5 Å². The summed E-state index contributed by atoms with van der Waals surface area (Å²) in [7, 11) is 4.82. The molecular formula is C34H36N4O6S. The molecule has 0 spiro atoms. The van der Waals surface area contributed by atoms with Crippen molar-refractivity contribution in [2.45, 2.75) is 24.2 Å². The molecule has 0 unspecified atom stereocenters. The fraction of sp³-hybridized carbons (Fsp3) is 0.324. The van der Waals surface area contributed by atoms with Crippen molar-refractivity contribution in [3.05, 3.63) is 83.9 Å². The number of hydrogen-bond donors (Lipinski definition) is 1. The number of rotatable bonds is 10. The zero-order valence-electron chi connectivity index (χ0n) is 25.5. The fourth-order valence-electron chi connectivity index (χ4n) is 5.74. The monoisotopic (exact) mass is 628 g/mol. The standard InChI is InChI=1S/C34H36N4O6S/c1-41-25-14-12-24(13-15-25)38-34-31(32(36-38)22-8-5-4-6-9-22)33(23-11-16-27(42-2)28(18-23)43-3)45-21-30(40)37(34)20-29(39)35-19-26-10-7-17-44-26/h4-6,8-9,11-16,18,26,33H,7,10,17,19-21H2,1-3H3,(H,35,39)/t26-,33-/m1/s1. The number of aromatic nitrogens is 2. The van der Waals surface area contributed by atoms with E-state index in [0.717, 1.165) is 35.2 Å². The highest BCUT2D eigenvalue weighted by Gasteiger charge is 2.38. The Bertz CT molecular complexity index is 1650. The van der Waals surface area contributed by atoms with E-state index in [9.17, 15) is 9.59 Å². The summed E-state index contributed by atoms with van der Waals surface area (Å²) in [5, 5.41) is 7.82. The van der Waals surface area contributed by atoms with Crippen molar-refractivity contribution in [2.24, 2.45) is 0 Å². The van der Waals surface area contributed by atoms with Crippen LogP contribution in [0, 0.1) is 0 Å². The van der Waals surface area contributed by atoms with Crippen molar-refractivity contribution in [3.63, 3.8) is 0 Å². The van der Waals surface area contributed by atoms with Crippen LogP contribution in [0.4, 0.5) is 5.82 Å². The van der Waals surface area contributed by atoms with E-state index in [1.165, 1.54) is 11.8 Å². The molecule has 6 rings (SSSR count). The first-order valence-corrected chi connectivity index (χ1v) is 15.9. The molecule has 0 bridgehead atoms. The van der Waals surface area contributed by atoms with E-state index in [2.05, 4.69) is 5.32 Å². The van der Waals surface area contributed by atoms with E-state index in [-0.39, 0.29) is 35.5 Å². The van der Waals surface area contributed by atoms with Gasteiger partial charge in [0, 0.05) is 24.3 Å². The second kappa shape index (κ2) is 13.7. The molecule has 1 N–H and O–H groups in total. The Kier molecular flexibility index (Phi) is 9.27. The van der Waals surface area contributed by atoms with E-state index in [4.69, 9.17) is 24.0 Å². The Hall–Kier alpha value is -4.48.